The number of hydrogen-bond acceptors (Lipinski definition) is 6. The van der Waals surface area contributed by atoms with Crippen molar-refractivity contribution in [3.63, 3.8) is 0 Å². The van der Waals surface area contributed by atoms with Crippen LogP contribution in [0.2, 0.25) is 0 Å². The highest BCUT2D eigenvalue weighted by molar-refractivity contribution is 5.77. The second-order valence-corrected chi connectivity index (χ2v) is 8.27. The third kappa shape index (κ3) is 5.29. The Balaban J connectivity index is 1.83. The van der Waals surface area contributed by atoms with Crippen LogP contribution in [0.3, 0.4) is 0 Å². The SMILES string of the molecule is Cc1cc(=O)c(O)c(C2(CC(=O)NCC(C)O)CCN(Cc3ccccc3)CC2)o1. The number of carbonyl (C=O) groups is 1. The highest BCUT2D eigenvalue weighted by atomic mass is 16.4. The van der Waals surface area contributed by atoms with Gasteiger partial charge in [0.1, 0.15) is 5.76 Å². The van der Waals surface area contributed by atoms with Gasteiger partial charge in [0.25, 0.3) is 0 Å². The molecule has 30 heavy (non-hydrogen) atoms. The first-order chi connectivity index (χ1) is 14.3. The van der Waals surface area contributed by atoms with Crippen molar-refractivity contribution in [2.24, 2.45) is 0 Å². The first kappa shape index (κ1) is 22.1. The largest absolute Gasteiger partial charge is 0.502 e. The first-order valence-corrected chi connectivity index (χ1v) is 10.3. The van der Waals surface area contributed by atoms with E-state index in [-0.39, 0.29) is 24.6 Å². The average molecular weight is 415 g/mol. The van der Waals surface area contributed by atoms with E-state index in [1.807, 2.05) is 18.2 Å². The first-order valence-electron chi connectivity index (χ1n) is 10.3. The number of aliphatic hydroxyl groups excluding tert-OH is 1. The van der Waals surface area contributed by atoms with E-state index in [2.05, 4.69) is 22.3 Å². The van der Waals surface area contributed by atoms with E-state index < -0.39 is 22.7 Å². The van der Waals surface area contributed by atoms with E-state index in [4.69, 9.17) is 4.42 Å². The summed E-state index contributed by atoms with van der Waals surface area (Å²) in [6.45, 7) is 5.62. The number of hydrogen-bond donors (Lipinski definition) is 3. The van der Waals surface area contributed by atoms with Crippen molar-refractivity contribution >= 4 is 5.91 Å². The Morgan fingerprint density at radius 3 is 2.57 bits per heavy atom. The molecule has 3 N–H and O–H groups in total. The minimum atomic E-state index is -0.773. The molecule has 0 spiro atoms. The quantitative estimate of drug-likeness (QED) is 0.641. The maximum Gasteiger partial charge on any atom is 0.227 e. The number of nitrogens with zero attached hydrogens (tertiary/aromatic N) is 1. The number of aromatic hydroxyl groups is 1. The van der Waals surface area contributed by atoms with Crippen molar-refractivity contribution in [3.05, 3.63) is 63.7 Å². The number of benzene rings is 1. The lowest BCUT2D eigenvalue weighted by molar-refractivity contribution is -0.123. The third-order valence-corrected chi connectivity index (χ3v) is 5.68. The molecular formula is C23H30N2O5. The van der Waals surface area contributed by atoms with Crippen molar-refractivity contribution in [1.29, 1.82) is 0 Å². The van der Waals surface area contributed by atoms with Gasteiger partial charge in [-0.05, 0) is 45.3 Å². The van der Waals surface area contributed by atoms with Crippen molar-refractivity contribution in [1.82, 2.24) is 10.2 Å². The zero-order valence-electron chi connectivity index (χ0n) is 17.6. The lowest BCUT2D eigenvalue weighted by Crippen LogP contribution is -2.46. The molecule has 1 atom stereocenters. The van der Waals surface area contributed by atoms with E-state index >= 15 is 0 Å². The van der Waals surface area contributed by atoms with Crippen LogP contribution in [-0.4, -0.2) is 46.8 Å². The number of carbonyl (C=O) groups excluding carboxylic acids is 1. The normalized spacial score (nSPS) is 17.4. The summed E-state index contributed by atoms with van der Waals surface area (Å²) in [4.78, 5) is 27.1. The number of amides is 1. The molecule has 0 bridgehead atoms. The number of aliphatic hydroxyl groups is 1. The second-order valence-electron chi connectivity index (χ2n) is 8.27. The van der Waals surface area contributed by atoms with Crippen LogP contribution in [0.25, 0.3) is 0 Å². The number of aryl methyl sites for hydroxylation is 1. The van der Waals surface area contributed by atoms with E-state index in [1.54, 1.807) is 13.8 Å². The minimum Gasteiger partial charge on any atom is -0.502 e. The van der Waals surface area contributed by atoms with Crippen LogP contribution >= 0.6 is 0 Å². The number of rotatable bonds is 7. The van der Waals surface area contributed by atoms with Gasteiger partial charge in [-0.15, -0.1) is 0 Å². The maximum atomic E-state index is 12.6. The molecule has 2 aromatic rings. The Bertz CT molecular complexity index is 915. The minimum absolute atomic E-state index is 0.0822. The van der Waals surface area contributed by atoms with Gasteiger partial charge >= 0.3 is 0 Å². The van der Waals surface area contributed by atoms with E-state index in [1.165, 1.54) is 11.6 Å². The molecule has 1 unspecified atom stereocenters. The van der Waals surface area contributed by atoms with Gasteiger partial charge in [0, 0.05) is 31.0 Å². The molecule has 1 saturated heterocycles. The van der Waals surface area contributed by atoms with Crippen LogP contribution in [0.5, 0.6) is 5.75 Å². The molecule has 0 saturated carbocycles. The predicted octanol–water partition coefficient (Wildman–Crippen LogP) is 2.07. The van der Waals surface area contributed by atoms with Crippen LogP contribution < -0.4 is 10.7 Å². The lowest BCUT2D eigenvalue weighted by Gasteiger charge is -2.41. The highest BCUT2D eigenvalue weighted by Gasteiger charge is 2.43. The van der Waals surface area contributed by atoms with Gasteiger partial charge in [0.05, 0.1) is 6.10 Å². The summed E-state index contributed by atoms with van der Waals surface area (Å²) in [5, 5.41) is 22.7. The number of likely N-dealkylation sites (tertiary alicyclic amines) is 1. The van der Waals surface area contributed by atoms with Gasteiger partial charge in [-0.1, -0.05) is 30.3 Å². The number of piperidine rings is 1. The molecule has 162 valence electrons. The van der Waals surface area contributed by atoms with Gasteiger partial charge in [0.15, 0.2) is 5.76 Å². The summed E-state index contributed by atoms with van der Waals surface area (Å²) < 4.78 is 5.81. The lowest BCUT2D eigenvalue weighted by atomic mass is 9.72. The highest BCUT2D eigenvalue weighted by Crippen LogP contribution is 2.42. The Kier molecular flexibility index (Phi) is 6.95. The third-order valence-electron chi connectivity index (χ3n) is 5.68. The summed E-state index contributed by atoms with van der Waals surface area (Å²) in [7, 11) is 0. The van der Waals surface area contributed by atoms with Crippen LogP contribution in [0, 0.1) is 6.92 Å². The number of nitrogens with one attached hydrogen (secondary N) is 1. The fourth-order valence-electron chi connectivity index (χ4n) is 4.06. The molecular weight excluding hydrogens is 384 g/mol. The Hall–Kier alpha value is -2.64. The smallest absolute Gasteiger partial charge is 0.227 e. The van der Waals surface area contributed by atoms with Gasteiger partial charge in [-0.3, -0.25) is 14.5 Å². The van der Waals surface area contributed by atoms with Gasteiger partial charge < -0.3 is 19.9 Å². The topological polar surface area (TPSA) is 103 Å². The maximum absolute atomic E-state index is 12.6. The van der Waals surface area contributed by atoms with Gasteiger partial charge in [-0.2, -0.15) is 0 Å². The van der Waals surface area contributed by atoms with Crippen molar-refractivity contribution in [2.75, 3.05) is 19.6 Å². The second kappa shape index (κ2) is 9.45. The van der Waals surface area contributed by atoms with Gasteiger partial charge in [0.2, 0.25) is 17.1 Å². The molecule has 1 aromatic carbocycles. The summed E-state index contributed by atoms with van der Waals surface area (Å²) in [5.74, 6) is -0.0567. The van der Waals surface area contributed by atoms with Gasteiger partial charge in [-0.25, -0.2) is 0 Å². The molecule has 1 fully saturated rings. The van der Waals surface area contributed by atoms with Crippen molar-refractivity contribution < 1.29 is 19.4 Å². The summed E-state index contributed by atoms with van der Waals surface area (Å²) in [6, 6.07) is 11.4. The monoisotopic (exact) mass is 414 g/mol. The molecule has 1 aromatic heterocycles. The molecule has 0 aliphatic carbocycles. The van der Waals surface area contributed by atoms with Crippen LogP contribution in [-0.2, 0) is 16.8 Å². The summed E-state index contributed by atoms with van der Waals surface area (Å²) >= 11 is 0. The molecule has 3 rings (SSSR count). The molecule has 2 heterocycles. The Morgan fingerprint density at radius 1 is 1.27 bits per heavy atom. The van der Waals surface area contributed by atoms with Crippen LogP contribution in [0.1, 0.15) is 43.3 Å². The molecule has 1 aliphatic rings. The Labute approximate surface area is 176 Å². The van der Waals surface area contributed by atoms with Crippen molar-refractivity contribution in [3.8, 4) is 5.75 Å². The zero-order valence-corrected chi connectivity index (χ0v) is 17.6. The Morgan fingerprint density at radius 2 is 1.93 bits per heavy atom. The van der Waals surface area contributed by atoms with Crippen molar-refractivity contribution in [2.45, 2.75) is 51.2 Å². The molecule has 7 nitrogen and oxygen atoms in total. The fraction of sp³-hybridized carbons (Fsp3) is 0.478. The standard InChI is InChI=1S/C23H30N2O5/c1-16(26)14-24-20(28)13-23(22-21(29)19(27)12-17(2)30-22)8-10-25(11-9-23)15-18-6-4-3-5-7-18/h3-7,12,16,26,29H,8-11,13-15H2,1-2H3,(H,24,28). The van der Waals surface area contributed by atoms with E-state index in [0.717, 1.165) is 6.54 Å². The van der Waals surface area contributed by atoms with E-state index in [0.29, 0.717) is 31.7 Å². The summed E-state index contributed by atoms with van der Waals surface area (Å²) in [6.07, 6.45) is 0.575. The van der Waals surface area contributed by atoms with Crippen LogP contribution in [0.4, 0.5) is 0 Å². The average Bonchev–Trinajstić information content (AvgIpc) is 2.71. The zero-order chi connectivity index (χ0) is 21.7. The predicted molar refractivity (Wildman–Crippen MR) is 113 cm³/mol. The molecule has 1 aliphatic heterocycles. The summed E-state index contributed by atoms with van der Waals surface area (Å²) in [5.41, 5.74) is -0.0561. The van der Waals surface area contributed by atoms with E-state index in [9.17, 15) is 19.8 Å². The molecule has 1 amide bonds. The van der Waals surface area contributed by atoms with Crippen LogP contribution in [0.15, 0.2) is 45.6 Å². The molecule has 7 heteroatoms. The fourth-order valence-corrected chi connectivity index (χ4v) is 4.06. The molecule has 0 radical (unpaired) electrons.